The monoisotopic (exact) mass is 349 g/mol. The zero-order valence-electron chi connectivity index (χ0n) is 13.7. The van der Waals surface area contributed by atoms with Crippen molar-refractivity contribution in [3.63, 3.8) is 0 Å². The Hall–Kier alpha value is -1.11. The highest BCUT2D eigenvalue weighted by Crippen LogP contribution is 2.56. The van der Waals surface area contributed by atoms with Crippen LogP contribution in [0.2, 0.25) is 0 Å². The van der Waals surface area contributed by atoms with E-state index in [1.165, 1.54) is 6.42 Å². The molecule has 0 aromatic heterocycles. The van der Waals surface area contributed by atoms with Gasteiger partial charge in [-0.2, -0.15) is 4.31 Å². The predicted octanol–water partition coefficient (Wildman–Crippen LogP) is 2.20. The number of aryl methyl sites for hydroxylation is 1. The van der Waals surface area contributed by atoms with Crippen LogP contribution in [0.1, 0.15) is 31.2 Å². The molecule has 0 amide bonds. The number of fused-ring (bicyclic) bond motifs is 3. The van der Waals surface area contributed by atoms with E-state index in [-0.39, 0.29) is 11.5 Å². The van der Waals surface area contributed by atoms with Crippen LogP contribution < -0.4 is 4.74 Å². The van der Waals surface area contributed by atoms with Crippen molar-refractivity contribution in [2.75, 3.05) is 26.4 Å². The van der Waals surface area contributed by atoms with Crippen LogP contribution in [0.25, 0.3) is 0 Å². The highest BCUT2D eigenvalue weighted by atomic mass is 32.2. The molecular weight excluding hydrogens is 326 g/mol. The van der Waals surface area contributed by atoms with Crippen LogP contribution in [-0.2, 0) is 21.2 Å². The fourth-order valence-corrected chi connectivity index (χ4v) is 6.81. The van der Waals surface area contributed by atoms with Gasteiger partial charge in [0, 0.05) is 12.5 Å². The lowest BCUT2D eigenvalue weighted by atomic mass is 9.62. The molecule has 0 N–H and O–H groups in total. The van der Waals surface area contributed by atoms with Gasteiger partial charge in [-0.25, -0.2) is 8.42 Å². The van der Waals surface area contributed by atoms with Crippen LogP contribution >= 0.6 is 0 Å². The Balaban J connectivity index is 1.51. The third-order valence-electron chi connectivity index (χ3n) is 6.51. The molecular formula is C18H23NO4S. The second-order valence-corrected chi connectivity index (χ2v) is 9.59. The van der Waals surface area contributed by atoms with E-state index in [0.717, 1.165) is 43.6 Å². The first kappa shape index (κ1) is 15.2. The van der Waals surface area contributed by atoms with Crippen molar-refractivity contribution in [2.24, 2.45) is 11.3 Å². The maximum Gasteiger partial charge on any atom is 0.243 e. The summed E-state index contributed by atoms with van der Waals surface area (Å²) in [6, 6.07) is 5.36. The van der Waals surface area contributed by atoms with Crippen molar-refractivity contribution in [3.05, 3.63) is 23.8 Å². The van der Waals surface area contributed by atoms with Gasteiger partial charge < -0.3 is 9.47 Å². The van der Waals surface area contributed by atoms with Gasteiger partial charge >= 0.3 is 0 Å². The van der Waals surface area contributed by atoms with Crippen molar-refractivity contribution in [1.29, 1.82) is 0 Å². The van der Waals surface area contributed by atoms with Gasteiger partial charge in [0.05, 0.1) is 30.8 Å². The summed E-state index contributed by atoms with van der Waals surface area (Å²) < 4.78 is 39.7. The Labute approximate surface area is 143 Å². The van der Waals surface area contributed by atoms with E-state index < -0.39 is 10.0 Å². The molecule has 3 heterocycles. The summed E-state index contributed by atoms with van der Waals surface area (Å²) >= 11 is 0. The SMILES string of the molecule is O=S(=O)(c1ccc2c(c1)CCCO2)N1CC2(CCC2)C2COCC21. The van der Waals surface area contributed by atoms with Crippen LogP contribution in [0.5, 0.6) is 5.75 Å². The number of ether oxygens (including phenoxy) is 2. The minimum atomic E-state index is -3.48. The molecule has 130 valence electrons. The maximum absolute atomic E-state index is 13.3. The molecule has 3 fully saturated rings. The van der Waals surface area contributed by atoms with Gasteiger partial charge in [-0.1, -0.05) is 6.42 Å². The molecule has 4 aliphatic rings. The highest BCUT2D eigenvalue weighted by Gasteiger charge is 2.60. The number of hydrogen-bond acceptors (Lipinski definition) is 4. The first-order valence-corrected chi connectivity index (χ1v) is 10.4. The number of nitrogens with zero attached hydrogens (tertiary/aromatic N) is 1. The average Bonchev–Trinajstić information content (AvgIpc) is 3.14. The van der Waals surface area contributed by atoms with Crippen molar-refractivity contribution in [3.8, 4) is 5.75 Å². The third-order valence-corrected chi connectivity index (χ3v) is 8.38. The van der Waals surface area contributed by atoms with Crippen LogP contribution in [0.15, 0.2) is 23.1 Å². The Morgan fingerprint density at radius 3 is 2.83 bits per heavy atom. The lowest BCUT2D eigenvalue weighted by molar-refractivity contribution is 0.0601. The van der Waals surface area contributed by atoms with Gasteiger partial charge in [0.25, 0.3) is 0 Å². The van der Waals surface area contributed by atoms with Crippen molar-refractivity contribution >= 4 is 10.0 Å². The van der Waals surface area contributed by atoms with Gasteiger partial charge in [-0.15, -0.1) is 0 Å². The molecule has 5 nitrogen and oxygen atoms in total. The molecule has 1 aromatic rings. The number of benzene rings is 1. The van der Waals surface area contributed by atoms with E-state index in [1.54, 1.807) is 10.4 Å². The number of sulfonamides is 1. The van der Waals surface area contributed by atoms with Gasteiger partial charge in [0.2, 0.25) is 10.0 Å². The summed E-state index contributed by atoms with van der Waals surface area (Å²) in [5.41, 5.74) is 1.19. The zero-order chi connectivity index (χ0) is 16.4. The van der Waals surface area contributed by atoms with E-state index in [2.05, 4.69) is 0 Å². The van der Waals surface area contributed by atoms with E-state index >= 15 is 0 Å². The minimum Gasteiger partial charge on any atom is -0.493 e. The van der Waals surface area contributed by atoms with E-state index in [1.807, 2.05) is 12.1 Å². The van der Waals surface area contributed by atoms with Crippen molar-refractivity contribution in [2.45, 2.75) is 43.0 Å². The van der Waals surface area contributed by atoms with Crippen molar-refractivity contribution in [1.82, 2.24) is 4.31 Å². The fraction of sp³-hybridized carbons (Fsp3) is 0.667. The van der Waals surface area contributed by atoms with Gasteiger partial charge in [0.1, 0.15) is 5.75 Å². The van der Waals surface area contributed by atoms with E-state index in [9.17, 15) is 8.42 Å². The maximum atomic E-state index is 13.3. The summed E-state index contributed by atoms with van der Waals surface area (Å²) in [5, 5.41) is 0. The molecule has 0 radical (unpaired) electrons. The normalized spacial score (nSPS) is 31.3. The molecule has 5 rings (SSSR count). The molecule has 0 bridgehead atoms. The smallest absolute Gasteiger partial charge is 0.243 e. The summed E-state index contributed by atoms with van der Waals surface area (Å²) in [7, 11) is -3.48. The molecule has 1 aliphatic carbocycles. The minimum absolute atomic E-state index is 0.0163. The molecule has 2 unspecified atom stereocenters. The molecule has 2 saturated heterocycles. The number of rotatable bonds is 2. The van der Waals surface area contributed by atoms with Crippen LogP contribution in [0.3, 0.4) is 0 Å². The van der Waals surface area contributed by atoms with Gasteiger partial charge in [-0.3, -0.25) is 0 Å². The quantitative estimate of drug-likeness (QED) is 0.821. The summed E-state index contributed by atoms with van der Waals surface area (Å²) in [6.07, 6.45) is 5.33. The van der Waals surface area contributed by atoms with Gasteiger partial charge in [-0.05, 0) is 54.9 Å². The first-order chi connectivity index (χ1) is 11.6. The van der Waals surface area contributed by atoms with E-state index in [0.29, 0.717) is 30.6 Å². The second kappa shape index (κ2) is 5.19. The molecule has 2 atom stereocenters. The third kappa shape index (κ3) is 2.02. The van der Waals surface area contributed by atoms with E-state index in [4.69, 9.17) is 9.47 Å². The second-order valence-electron chi connectivity index (χ2n) is 7.70. The number of hydrogen-bond donors (Lipinski definition) is 0. The summed E-state index contributed by atoms with van der Waals surface area (Å²) in [6.45, 7) is 2.64. The van der Waals surface area contributed by atoms with Crippen molar-refractivity contribution < 1.29 is 17.9 Å². The highest BCUT2D eigenvalue weighted by molar-refractivity contribution is 7.89. The average molecular weight is 349 g/mol. The first-order valence-electron chi connectivity index (χ1n) is 8.96. The lowest BCUT2D eigenvalue weighted by Crippen LogP contribution is -2.39. The zero-order valence-corrected chi connectivity index (χ0v) is 14.6. The molecule has 1 aromatic carbocycles. The Morgan fingerprint density at radius 2 is 2.04 bits per heavy atom. The molecule has 1 spiro atoms. The lowest BCUT2D eigenvalue weighted by Gasteiger charge is -2.42. The Morgan fingerprint density at radius 1 is 1.17 bits per heavy atom. The summed E-state index contributed by atoms with van der Waals surface area (Å²) in [4.78, 5) is 0.411. The van der Waals surface area contributed by atoms with Crippen LogP contribution in [0, 0.1) is 11.3 Å². The molecule has 24 heavy (non-hydrogen) atoms. The Bertz CT molecular complexity index is 771. The Kier molecular flexibility index (Phi) is 3.28. The van der Waals surface area contributed by atoms with Gasteiger partial charge in [0.15, 0.2) is 0 Å². The summed E-state index contributed by atoms with van der Waals surface area (Å²) in [5.74, 6) is 1.21. The van der Waals surface area contributed by atoms with Crippen LogP contribution in [-0.4, -0.2) is 45.1 Å². The standard InChI is InChI=1S/C18H23NO4S/c20-24(21,14-4-5-17-13(9-14)3-1-8-23-17)19-12-18(6-2-7-18)15-10-22-11-16(15)19/h4-5,9,15-16H,1-3,6-8,10-12H2. The predicted molar refractivity (Wildman–Crippen MR) is 88.5 cm³/mol. The molecule has 3 aliphatic heterocycles. The molecule has 6 heteroatoms. The topological polar surface area (TPSA) is 55.8 Å². The fourth-order valence-electron chi connectivity index (χ4n) is 5.01. The largest absolute Gasteiger partial charge is 0.493 e. The van der Waals surface area contributed by atoms with Crippen LogP contribution in [0.4, 0.5) is 0 Å². The molecule has 1 saturated carbocycles.